The van der Waals surface area contributed by atoms with Gasteiger partial charge in [-0.1, -0.05) is 19.3 Å². The van der Waals surface area contributed by atoms with Crippen molar-refractivity contribution in [2.75, 3.05) is 13.1 Å². The Morgan fingerprint density at radius 1 is 1.04 bits per heavy atom. The Hall–Kier alpha value is -1.01. The normalized spacial score (nSPS) is 24.5. The van der Waals surface area contributed by atoms with Crippen molar-refractivity contribution in [1.29, 1.82) is 0 Å². The number of amides is 3. The van der Waals surface area contributed by atoms with E-state index in [1.165, 1.54) is 19.3 Å². The predicted molar refractivity (Wildman–Crippen MR) is 98.5 cm³/mol. The standard InChI is InChI=1S/C17H32N4O2.ClH/c1-13-15(9-5-11-18-13)21-16(22)10-6-12-19-17(23)20-14-7-3-2-4-8-14;/h13-15,18H,2-12H2,1H3,(H,21,22)(H2,19,20,23);1H. The van der Waals surface area contributed by atoms with E-state index >= 15 is 0 Å². The minimum absolute atomic E-state index is 0. The lowest BCUT2D eigenvalue weighted by molar-refractivity contribution is -0.122. The van der Waals surface area contributed by atoms with Crippen LogP contribution in [0, 0.1) is 0 Å². The Morgan fingerprint density at radius 3 is 2.50 bits per heavy atom. The molecular formula is C17H33ClN4O2. The van der Waals surface area contributed by atoms with Crippen LogP contribution in [-0.4, -0.2) is 43.2 Å². The molecule has 2 fully saturated rings. The summed E-state index contributed by atoms with van der Waals surface area (Å²) in [4.78, 5) is 23.7. The molecule has 1 aliphatic carbocycles. The molecular weight excluding hydrogens is 328 g/mol. The van der Waals surface area contributed by atoms with Crippen LogP contribution in [0.4, 0.5) is 4.79 Å². The maximum Gasteiger partial charge on any atom is 0.315 e. The molecule has 2 aliphatic rings. The van der Waals surface area contributed by atoms with E-state index in [-0.39, 0.29) is 30.4 Å². The Morgan fingerprint density at radius 2 is 1.79 bits per heavy atom. The third kappa shape index (κ3) is 7.71. The summed E-state index contributed by atoms with van der Waals surface area (Å²) in [6.45, 7) is 3.69. The molecule has 0 bridgehead atoms. The Bertz CT molecular complexity index is 389. The summed E-state index contributed by atoms with van der Waals surface area (Å²) >= 11 is 0. The van der Waals surface area contributed by atoms with Gasteiger partial charge in [0.1, 0.15) is 0 Å². The van der Waals surface area contributed by atoms with E-state index in [4.69, 9.17) is 0 Å². The van der Waals surface area contributed by atoms with Gasteiger partial charge in [-0.05, 0) is 45.6 Å². The molecule has 0 aromatic heterocycles. The molecule has 0 aromatic rings. The largest absolute Gasteiger partial charge is 0.352 e. The minimum Gasteiger partial charge on any atom is -0.352 e. The first-order valence-corrected chi connectivity index (χ1v) is 9.22. The van der Waals surface area contributed by atoms with Gasteiger partial charge in [0, 0.05) is 31.1 Å². The first kappa shape index (κ1) is 21.0. The molecule has 2 atom stereocenters. The van der Waals surface area contributed by atoms with Gasteiger partial charge in [-0.3, -0.25) is 4.79 Å². The highest BCUT2D eigenvalue weighted by Crippen LogP contribution is 2.17. The van der Waals surface area contributed by atoms with Crippen LogP contribution in [-0.2, 0) is 4.79 Å². The van der Waals surface area contributed by atoms with Gasteiger partial charge in [0.25, 0.3) is 0 Å². The Labute approximate surface area is 151 Å². The lowest BCUT2D eigenvalue weighted by Gasteiger charge is -2.30. The number of urea groups is 1. The van der Waals surface area contributed by atoms with Crippen molar-refractivity contribution in [3.63, 3.8) is 0 Å². The van der Waals surface area contributed by atoms with E-state index in [0.717, 1.165) is 32.2 Å². The Balaban J connectivity index is 0.00000288. The van der Waals surface area contributed by atoms with Crippen molar-refractivity contribution in [3.05, 3.63) is 0 Å². The van der Waals surface area contributed by atoms with E-state index < -0.39 is 0 Å². The van der Waals surface area contributed by atoms with Crippen molar-refractivity contribution in [3.8, 4) is 0 Å². The zero-order chi connectivity index (χ0) is 16.5. The fraction of sp³-hybridized carbons (Fsp3) is 0.882. The fourth-order valence-corrected chi connectivity index (χ4v) is 3.45. The highest BCUT2D eigenvalue weighted by atomic mass is 35.5. The summed E-state index contributed by atoms with van der Waals surface area (Å²) in [7, 11) is 0. The van der Waals surface area contributed by atoms with E-state index in [1.807, 2.05) is 0 Å². The van der Waals surface area contributed by atoms with Gasteiger partial charge in [0.15, 0.2) is 0 Å². The second kappa shape index (κ2) is 11.5. The molecule has 4 N–H and O–H groups in total. The maximum atomic E-state index is 12.0. The molecule has 0 aromatic carbocycles. The molecule has 2 unspecified atom stereocenters. The molecule has 24 heavy (non-hydrogen) atoms. The van der Waals surface area contributed by atoms with Crippen LogP contribution in [0.3, 0.4) is 0 Å². The van der Waals surface area contributed by atoms with Crippen LogP contribution >= 0.6 is 12.4 Å². The van der Waals surface area contributed by atoms with Gasteiger partial charge in [0.05, 0.1) is 0 Å². The minimum atomic E-state index is -0.0950. The van der Waals surface area contributed by atoms with Gasteiger partial charge < -0.3 is 21.3 Å². The number of carbonyl (C=O) groups is 2. The average Bonchev–Trinajstić information content (AvgIpc) is 2.55. The van der Waals surface area contributed by atoms with Crippen LogP contribution in [0.5, 0.6) is 0 Å². The van der Waals surface area contributed by atoms with Crippen molar-refractivity contribution in [2.45, 2.75) is 82.8 Å². The number of nitrogens with one attached hydrogen (secondary N) is 4. The number of piperidine rings is 1. The molecule has 3 amide bonds. The van der Waals surface area contributed by atoms with Crippen LogP contribution in [0.2, 0.25) is 0 Å². The quantitative estimate of drug-likeness (QED) is 0.547. The number of halogens is 1. The third-order valence-electron chi connectivity index (χ3n) is 4.91. The van der Waals surface area contributed by atoms with Gasteiger partial charge >= 0.3 is 6.03 Å². The molecule has 1 heterocycles. The summed E-state index contributed by atoms with van der Waals surface area (Å²) in [6, 6.07) is 0.806. The molecule has 1 saturated heterocycles. The monoisotopic (exact) mass is 360 g/mol. The van der Waals surface area contributed by atoms with Crippen LogP contribution in [0.1, 0.15) is 64.7 Å². The second-order valence-corrected chi connectivity index (χ2v) is 6.90. The van der Waals surface area contributed by atoms with Crippen molar-refractivity contribution in [2.24, 2.45) is 0 Å². The number of hydrogen-bond donors (Lipinski definition) is 4. The SMILES string of the molecule is CC1NCCCC1NC(=O)CCCNC(=O)NC1CCCCC1.Cl. The molecule has 2 rings (SSSR count). The smallest absolute Gasteiger partial charge is 0.315 e. The molecule has 7 heteroatoms. The molecule has 140 valence electrons. The van der Waals surface area contributed by atoms with Crippen molar-refractivity contribution >= 4 is 24.3 Å². The van der Waals surface area contributed by atoms with Crippen molar-refractivity contribution < 1.29 is 9.59 Å². The average molecular weight is 361 g/mol. The zero-order valence-electron chi connectivity index (χ0n) is 14.7. The van der Waals surface area contributed by atoms with Crippen molar-refractivity contribution in [1.82, 2.24) is 21.3 Å². The van der Waals surface area contributed by atoms with Gasteiger partial charge in [-0.25, -0.2) is 4.79 Å². The van der Waals surface area contributed by atoms with Gasteiger partial charge in [0.2, 0.25) is 5.91 Å². The van der Waals surface area contributed by atoms with E-state index in [0.29, 0.717) is 31.5 Å². The van der Waals surface area contributed by atoms with Crippen LogP contribution in [0.25, 0.3) is 0 Å². The lowest BCUT2D eigenvalue weighted by Crippen LogP contribution is -2.52. The third-order valence-corrected chi connectivity index (χ3v) is 4.91. The zero-order valence-corrected chi connectivity index (χ0v) is 15.6. The number of hydrogen-bond acceptors (Lipinski definition) is 3. The van der Waals surface area contributed by atoms with Gasteiger partial charge in [-0.2, -0.15) is 0 Å². The van der Waals surface area contributed by atoms with E-state index in [2.05, 4.69) is 28.2 Å². The maximum absolute atomic E-state index is 12.0. The summed E-state index contributed by atoms with van der Waals surface area (Å²) in [5.74, 6) is 0.0834. The number of rotatable bonds is 6. The molecule has 1 saturated carbocycles. The summed E-state index contributed by atoms with van der Waals surface area (Å²) in [5.41, 5.74) is 0. The first-order chi connectivity index (χ1) is 11.1. The van der Waals surface area contributed by atoms with Crippen LogP contribution < -0.4 is 21.3 Å². The molecule has 0 radical (unpaired) electrons. The Kier molecular flexibility index (Phi) is 10.1. The first-order valence-electron chi connectivity index (χ1n) is 9.22. The predicted octanol–water partition coefficient (Wildman–Crippen LogP) is 2.08. The summed E-state index contributed by atoms with van der Waals surface area (Å²) in [5, 5.41) is 12.3. The van der Waals surface area contributed by atoms with E-state index in [9.17, 15) is 9.59 Å². The highest BCUT2D eigenvalue weighted by Gasteiger charge is 2.22. The summed E-state index contributed by atoms with van der Waals surface area (Å²) < 4.78 is 0. The molecule has 0 spiro atoms. The number of carbonyl (C=O) groups excluding carboxylic acids is 2. The highest BCUT2D eigenvalue weighted by molar-refractivity contribution is 5.85. The molecule has 1 aliphatic heterocycles. The fourth-order valence-electron chi connectivity index (χ4n) is 3.45. The van der Waals surface area contributed by atoms with Crippen LogP contribution in [0.15, 0.2) is 0 Å². The second-order valence-electron chi connectivity index (χ2n) is 6.90. The van der Waals surface area contributed by atoms with Gasteiger partial charge in [-0.15, -0.1) is 12.4 Å². The lowest BCUT2D eigenvalue weighted by atomic mass is 9.96. The topological polar surface area (TPSA) is 82.3 Å². The summed E-state index contributed by atoms with van der Waals surface area (Å²) in [6.07, 6.45) is 9.17. The molecule has 6 nitrogen and oxygen atoms in total. The van der Waals surface area contributed by atoms with E-state index in [1.54, 1.807) is 0 Å².